The van der Waals surface area contributed by atoms with E-state index < -0.39 is 12.8 Å². The molecule has 0 aromatic rings. The van der Waals surface area contributed by atoms with Crippen LogP contribution in [0.25, 0.3) is 0 Å². The summed E-state index contributed by atoms with van der Waals surface area (Å²) in [6, 6.07) is 0. The summed E-state index contributed by atoms with van der Waals surface area (Å²) in [6.07, 6.45) is 1.66. The van der Waals surface area contributed by atoms with Crippen LogP contribution in [0.1, 0.15) is 32.1 Å². The summed E-state index contributed by atoms with van der Waals surface area (Å²) < 4.78 is 39.6. The molecule has 5 heteroatoms. The molecule has 1 aliphatic rings. The molecule has 1 fully saturated rings. The van der Waals surface area contributed by atoms with Crippen LogP contribution >= 0.6 is 0 Å². The van der Waals surface area contributed by atoms with E-state index in [9.17, 15) is 13.2 Å². The molecule has 96 valence electrons. The Morgan fingerprint density at radius 1 is 1.19 bits per heavy atom. The van der Waals surface area contributed by atoms with Gasteiger partial charge in [-0.05, 0) is 38.3 Å². The topological polar surface area (TPSA) is 21.3 Å². The predicted molar refractivity (Wildman–Crippen MR) is 56.3 cm³/mol. The van der Waals surface area contributed by atoms with E-state index in [1.807, 2.05) is 0 Å². The Bertz CT molecular complexity index is 179. The Morgan fingerprint density at radius 2 is 1.88 bits per heavy atom. The van der Waals surface area contributed by atoms with Crippen LogP contribution in [0.3, 0.4) is 0 Å². The Hall–Kier alpha value is -0.290. The fourth-order valence-corrected chi connectivity index (χ4v) is 2.01. The summed E-state index contributed by atoms with van der Waals surface area (Å²) in [4.78, 5) is 0. The second-order valence-electron chi connectivity index (χ2n) is 4.38. The van der Waals surface area contributed by atoms with Crippen molar-refractivity contribution in [2.45, 2.75) is 38.3 Å². The van der Waals surface area contributed by atoms with E-state index in [4.69, 9.17) is 0 Å². The Morgan fingerprint density at radius 3 is 2.50 bits per heavy atom. The molecule has 0 saturated heterocycles. The first-order chi connectivity index (χ1) is 7.58. The fourth-order valence-electron chi connectivity index (χ4n) is 2.01. The number of alkyl halides is 3. The lowest BCUT2D eigenvalue weighted by atomic mass is 10.1. The summed E-state index contributed by atoms with van der Waals surface area (Å²) in [5.74, 6) is 0.774. The summed E-state index contributed by atoms with van der Waals surface area (Å²) in [5, 5.41) is 3.26. The van der Waals surface area contributed by atoms with E-state index in [1.54, 1.807) is 0 Å². The summed E-state index contributed by atoms with van der Waals surface area (Å²) in [5.41, 5.74) is 0. The van der Waals surface area contributed by atoms with Gasteiger partial charge in [-0.3, -0.25) is 0 Å². The van der Waals surface area contributed by atoms with Gasteiger partial charge in [-0.1, -0.05) is 12.8 Å². The van der Waals surface area contributed by atoms with Crippen molar-refractivity contribution in [2.75, 3.05) is 26.3 Å². The van der Waals surface area contributed by atoms with Crippen molar-refractivity contribution in [2.24, 2.45) is 5.92 Å². The van der Waals surface area contributed by atoms with E-state index in [0.29, 0.717) is 6.42 Å². The monoisotopic (exact) mass is 239 g/mol. The van der Waals surface area contributed by atoms with Crippen LogP contribution in [0.15, 0.2) is 0 Å². The van der Waals surface area contributed by atoms with Gasteiger partial charge < -0.3 is 10.1 Å². The maximum absolute atomic E-state index is 11.7. The average molecular weight is 239 g/mol. The summed E-state index contributed by atoms with van der Waals surface area (Å²) in [6.45, 7) is 0.792. The van der Waals surface area contributed by atoms with E-state index in [2.05, 4.69) is 10.1 Å². The maximum Gasteiger partial charge on any atom is 0.411 e. The molecular formula is C11H20F3NO. The molecule has 0 aromatic carbocycles. The number of halogens is 3. The van der Waals surface area contributed by atoms with Crippen molar-refractivity contribution in [3.63, 3.8) is 0 Å². The largest absolute Gasteiger partial charge is 0.411 e. The standard InChI is InChI=1S/C11H20F3NO/c12-11(13,14)9-16-7-3-6-15-8-10-4-1-2-5-10/h10,15H,1-9H2. The number of ether oxygens (including phenoxy) is 1. The lowest BCUT2D eigenvalue weighted by molar-refractivity contribution is -0.173. The van der Waals surface area contributed by atoms with Crippen molar-refractivity contribution >= 4 is 0 Å². The van der Waals surface area contributed by atoms with Gasteiger partial charge in [0.05, 0.1) is 0 Å². The molecule has 0 radical (unpaired) electrons. The molecule has 16 heavy (non-hydrogen) atoms. The maximum atomic E-state index is 11.7. The van der Waals surface area contributed by atoms with Gasteiger partial charge in [0.1, 0.15) is 6.61 Å². The van der Waals surface area contributed by atoms with Crippen LogP contribution in [0.4, 0.5) is 13.2 Å². The minimum absolute atomic E-state index is 0.178. The van der Waals surface area contributed by atoms with Crippen LogP contribution in [0.2, 0.25) is 0 Å². The molecule has 0 unspecified atom stereocenters. The Kier molecular flexibility index (Phi) is 6.13. The van der Waals surface area contributed by atoms with Gasteiger partial charge in [-0.25, -0.2) is 0 Å². The van der Waals surface area contributed by atoms with Gasteiger partial charge in [0.25, 0.3) is 0 Å². The molecule has 0 aromatic heterocycles. The van der Waals surface area contributed by atoms with Gasteiger partial charge in [0.2, 0.25) is 0 Å². The van der Waals surface area contributed by atoms with Crippen LogP contribution in [0, 0.1) is 5.92 Å². The molecule has 0 heterocycles. The van der Waals surface area contributed by atoms with E-state index in [0.717, 1.165) is 19.0 Å². The molecule has 0 amide bonds. The zero-order valence-electron chi connectivity index (χ0n) is 9.48. The SMILES string of the molecule is FC(F)(F)COCCCNCC1CCCC1. The van der Waals surface area contributed by atoms with Gasteiger partial charge in [0.15, 0.2) is 0 Å². The molecule has 0 aliphatic heterocycles. The molecule has 0 atom stereocenters. The number of hydrogen-bond donors (Lipinski definition) is 1. The van der Waals surface area contributed by atoms with E-state index in [-0.39, 0.29) is 6.61 Å². The predicted octanol–water partition coefficient (Wildman–Crippen LogP) is 2.74. The molecule has 1 rings (SSSR count). The average Bonchev–Trinajstić information content (AvgIpc) is 2.67. The highest BCUT2D eigenvalue weighted by Gasteiger charge is 2.27. The van der Waals surface area contributed by atoms with Gasteiger partial charge in [-0.15, -0.1) is 0 Å². The van der Waals surface area contributed by atoms with E-state index >= 15 is 0 Å². The molecule has 1 N–H and O–H groups in total. The minimum Gasteiger partial charge on any atom is -0.372 e. The lowest BCUT2D eigenvalue weighted by Crippen LogP contribution is -2.24. The molecule has 0 spiro atoms. The molecule has 0 bridgehead atoms. The summed E-state index contributed by atoms with van der Waals surface area (Å²) in [7, 11) is 0. The third-order valence-electron chi connectivity index (χ3n) is 2.82. The first kappa shape index (κ1) is 13.8. The first-order valence-corrected chi connectivity index (χ1v) is 5.93. The van der Waals surface area contributed by atoms with Gasteiger partial charge in [0, 0.05) is 6.61 Å². The summed E-state index contributed by atoms with van der Waals surface area (Å²) >= 11 is 0. The van der Waals surface area contributed by atoms with Crippen LogP contribution in [0.5, 0.6) is 0 Å². The number of nitrogens with one attached hydrogen (secondary N) is 1. The smallest absolute Gasteiger partial charge is 0.372 e. The molecule has 1 saturated carbocycles. The van der Waals surface area contributed by atoms with Crippen molar-refractivity contribution in [3.05, 3.63) is 0 Å². The van der Waals surface area contributed by atoms with Gasteiger partial charge in [-0.2, -0.15) is 13.2 Å². The van der Waals surface area contributed by atoms with E-state index in [1.165, 1.54) is 25.7 Å². The van der Waals surface area contributed by atoms with Crippen LogP contribution < -0.4 is 5.32 Å². The molecule has 2 nitrogen and oxygen atoms in total. The molecular weight excluding hydrogens is 219 g/mol. The number of hydrogen-bond acceptors (Lipinski definition) is 2. The highest BCUT2D eigenvalue weighted by atomic mass is 19.4. The third kappa shape index (κ3) is 7.06. The lowest BCUT2D eigenvalue weighted by Gasteiger charge is -2.11. The van der Waals surface area contributed by atoms with Gasteiger partial charge >= 0.3 is 6.18 Å². The van der Waals surface area contributed by atoms with Crippen molar-refractivity contribution in [3.8, 4) is 0 Å². The quantitative estimate of drug-likeness (QED) is 0.690. The van der Waals surface area contributed by atoms with Crippen molar-refractivity contribution in [1.82, 2.24) is 5.32 Å². The Labute approximate surface area is 94.5 Å². The zero-order chi connectivity index (χ0) is 11.9. The second-order valence-corrected chi connectivity index (χ2v) is 4.38. The van der Waals surface area contributed by atoms with Crippen molar-refractivity contribution < 1.29 is 17.9 Å². The normalized spacial score (nSPS) is 18.2. The molecule has 1 aliphatic carbocycles. The highest BCUT2D eigenvalue weighted by molar-refractivity contribution is 4.69. The van der Waals surface area contributed by atoms with Crippen molar-refractivity contribution in [1.29, 1.82) is 0 Å². The minimum atomic E-state index is -4.20. The zero-order valence-corrected chi connectivity index (χ0v) is 9.48. The highest BCUT2D eigenvalue weighted by Crippen LogP contribution is 2.23. The van der Waals surface area contributed by atoms with Crippen LogP contribution in [-0.4, -0.2) is 32.5 Å². The first-order valence-electron chi connectivity index (χ1n) is 5.93. The Balaban J connectivity index is 1.81. The van der Waals surface area contributed by atoms with Crippen LogP contribution in [-0.2, 0) is 4.74 Å². The third-order valence-corrected chi connectivity index (χ3v) is 2.82. The fraction of sp³-hybridized carbons (Fsp3) is 1.00. The number of rotatable bonds is 7. The second kappa shape index (κ2) is 7.12.